The molecule has 1 aromatic heterocycles. The standard InChI is InChI=1S/C11H10ClN2O/c1-6(13)9-5-7-4-8(12)2-3-10(7)14-11(9)15/h2-6,13H,1H3,(H,14,15)/t6-/m1/s1. The van der Waals surface area contributed by atoms with E-state index in [-0.39, 0.29) is 5.56 Å². The molecule has 3 nitrogen and oxygen atoms in total. The average Bonchev–Trinajstić information content (AvgIpc) is 2.17. The number of pyridine rings is 1. The molecule has 0 bridgehead atoms. The molecule has 1 aromatic carbocycles. The number of benzene rings is 1. The molecule has 0 spiro atoms. The Balaban J connectivity index is 2.77. The lowest BCUT2D eigenvalue weighted by atomic mass is 10.1. The van der Waals surface area contributed by atoms with Crippen LogP contribution in [-0.2, 0) is 0 Å². The molecule has 0 saturated carbocycles. The van der Waals surface area contributed by atoms with Crippen LogP contribution < -0.4 is 11.3 Å². The van der Waals surface area contributed by atoms with Crippen LogP contribution in [0.25, 0.3) is 10.9 Å². The fourth-order valence-corrected chi connectivity index (χ4v) is 1.70. The third-order valence-corrected chi connectivity index (χ3v) is 2.54. The Hall–Kier alpha value is -1.32. The number of aromatic nitrogens is 1. The zero-order valence-corrected chi connectivity index (χ0v) is 8.93. The second-order valence-electron chi connectivity index (χ2n) is 3.51. The Morgan fingerprint density at radius 3 is 2.80 bits per heavy atom. The van der Waals surface area contributed by atoms with E-state index in [1.54, 1.807) is 31.2 Å². The van der Waals surface area contributed by atoms with E-state index in [2.05, 4.69) is 4.98 Å². The molecule has 0 amide bonds. The number of rotatable bonds is 1. The van der Waals surface area contributed by atoms with Crippen molar-refractivity contribution in [3.8, 4) is 0 Å². The van der Waals surface area contributed by atoms with Gasteiger partial charge in [-0.15, -0.1) is 0 Å². The molecule has 0 fully saturated rings. The maximum absolute atomic E-state index is 11.6. The van der Waals surface area contributed by atoms with Crippen molar-refractivity contribution in [3.63, 3.8) is 0 Å². The molecular weight excluding hydrogens is 212 g/mol. The maximum Gasteiger partial charge on any atom is 0.253 e. The highest BCUT2D eigenvalue weighted by molar-refractivity contribution is 6.31. The molecule has 1 heterocycles. The minimum atomic E-state index is -0.530. The third kappa shape index (κ3) is 1.89. The van der Waals surface area contributed by atoms with E-state index in [0.717, 1.165) is 10.9 Å². The summed E-state index contributed by atoms with van der Waals surface area (Å²) < 4.78 is 0. The highest BCUT2D eigenvalue weighted by Gasteiger charge is 2.07. The van der Waals surface area contributed by atoms with Crippen LogP contribution in [0.1, 0.15) is 18.5 Å². The van der Waals surface area contributed by atoms with E-state index in [4.69, 9.17) is 17.3 Å². The Bertz CT molecular complexity index is 560. The summed E-state index contributed by atoms with van der Waals surface area (Å²) in [5, 5.41) is 1.48. The number of nitrogens with one attached hydrogen (secondary N) is 2. The predicted octanol–water partition coefficient (Wildman–Crippen LogP) is 2.53. The lowest BCUT2D eigenvalue weighted by molar-refractivity contribution is 0.775. The van der Waals surface area contributed by atoms with Gasteiger partial charge in [-0.05, 0) is 31.2 Å². The normalized spacial score (nSPS) is 13.0. The molecular formula is C11H10ClN2O. The molecule has 1 radical (unpaired) electrons. The summed E-state index contributed by atoms with van der Waals surface area (Å²) in [6.07, 6.45) is 0. The topological polar surface area (TPSA) is 56.7 Å². The first-order valence-electron chi connectivity index (χ1n) is 4.61. The summed E-state index contributed by atoms with van der Waals surface area (Å²) in [5.41, 5.74) is 8.54. The first kappa shape index (κ1) is 10.2. The monoisotopic (exact) mass is 221 g/mol. The summed E-state index contributed by atoms with van der Waals surface area (Å²) in [7, 11) is 0. The highest BCUT2D eigenvalue weighted by Crippen LogP contribution is 2.18. The Morgan fingerprint density at radius 2 is 2.13 bits per heavy atom. The average molecular weight is 222 g/mol. The van der Waals surface area contributed by atoms with Crippen LogP contribution in [0.2, 0.25) is 5.02 Å². The molecule has 0 aliphatic carbocycles. The second kappa shape index (κ2) is 3.68. The first-order valence-corrected chi connectivity index (χ1v) is 4.99. The van der Waals surface area contributed by atoms with Gasteiger partial charge in [-0.1, -0.05) is 11.6 Å². The minimum Gasteiger partial charge on any atom is -0.322 e. The van der Waals surface area contributed by atoms with E-state index in [1.165, 1.54) is 0 Å². The van der Waals surface area contributed by atoms with Crippen LogP contribution in [0.4, 0.5) is 0 Å². The SMILES string of the molecule is C[C@@H]([NH])c1cc2cc(Cl)ccc2[nH]c1=O. The van der Waals surface area contributed by atoms with Gasteiger partial charge in [-0.3, -0.25) is 4.79 Å². The van der Waals surface area contributed by atoms with E-state index >= 15 is 0 Å². The number of aromatic amines is 1. The van der Waals surface area contributed by atoms with Crippen molar-refractivity contribution in [1.29, 1.82) is 0 Å². The number of hydrogen-bond acceptors (Lipinski definition) is 1. The van der Waals surface area contributed by atoms with Gasteiger partial charge in [0, 0.05) is 27.5 Å². The molecule has 4 heteroatoms. The Labute approximate surface area is 91.9 Å². The van der Waals surface area contributed by atoms with Crippen molar-refractivity contribution in [2.24, 2.45) is 0 Å². The third-order valence-electron chi connectivity index (χ3n) is 2.30. The van der Waals surface area contributed by atoms with Gasteiger partial charge in [0.15, 0.2) is 0 Å². The molecule has 2 N–H and O–H groups in total. The largest absolute Gasteiger partial charge is 0.322 e. The molecule has 2 rings (SSSR count). The summed E-state index contributed by atoms with van der Waals surface area (Å²) in [4.78, 5) is 14.3. The number of H-pyrrole nitrogens is 1. The minimum absolute atomic E-state index is 0.202. The quantitative estimate of drug-likeness (QED) is 0.791. The zero-order chi connectivity index (χ0) is 11.0. The van der Waals surface area contributed by atoms with Crippen molar-refractivity contribution >= 4 is 22.5 Å². The molecule has 1 atom stereocenters. The number of hydrogen-bond donors (Lipinski definition) is 1. The van der Waals surface area contributed by atoms with Gasteiger partial charge in [0.25, 0.3) is 5.56 Å². The fourth-order valence-electron chi connectivity index (χ4n) is 1.52. The van der Waals surface area contributed by atoms with E-state index in [0.29, 0.717) is 10.6 Å². The predicted molar refractivity (Wildman–Crippen MR) is 61.1 cm³/mol. The second-order valence-corrected chi connectivity index (χ2v) is 3.94. The van der Waals surface area contributed by atoms with Crippen molar-refractivity contribution in [2.45, 2.75) is 13.0 Å². The summed E-state index contributed by atoms with van der Waals surface area (Å²) >= 11 is 5.85. The van der Waals surface area contributed by atoms with Crippen LogP contribution in [0.3, 0.4) is 0 Å². The lowest BCUT2D eigenvalue weighted by Gasteiger charge is -2.05. The van der Waals surface area contributed by atoms with Crippen molar-refractivity contribution in [3.05, 3.63) is 45.2 Å². The van der Waals surface area contributed by atoms with Crippen LogP contribution in [-0.4, -0.2) is 4.98 Å². The van der Waals surface area contributed by atoms with Crippen LogP contribution in [0.15, 0.2) is 29.1 Å². The number of fused-ring (bicyclic) bond motifs is 1. The smallest absolute Gasteiger partial charge is 0.253 e. The van der Waals surface area contributed by atoms with E-state index < -0.39 is 6.04 Å². The van der Waals surface area contributed by atoms with Gasteiger partial charge in [0.05, 0.1) is 0 Å². The Morgan fingerprint density at radius 1 is 1.40 bits per heavy atom. The van der Waals surface area contributed by atoms with Gasteiger partial charge >= 0.3 is 0 Å². The molecule has 2 aromatic rings. The molecule has 0 aliphatic rings. The fraction of sp³-hybridized carbons (Fsp3) is 0.182. The van der Waals surface area contributed by atoms with Crippen LogP contribution in [0.5, 0.6) is 0 Å². The van der Waals surface area contributed by atoms with Gasteiger partial charge < -0.3 is 4.98 Å². The van der Waals surface area contributed by atoms with Gasteiger partial charge in [-0.2, -0.15) is 0 Å². The van der Waals surface area contributed by atoms with Gasteiger partial charge in [-0.25, -0.2) is 5.73 Å². The van der Waals surface area contributed by atoms with Crippen LogP contribution >= 0.6 is 11.6 Å². The van der Waals surface area contributed by atoms with E-state index in [1.807, 2.05) is 0 Å². The highest BCUT2D eigenvalue weighted by atomic mass is 35.5. The van der Waals surface area contributed by atoms with Gasteiger partial charge in [0.2, 0.25) is 0 Å². The van der Waals surface area contributed by atoms with Crippen molar-refractivity contribution in [1.82, 2.24) is 10.7 Å². The zero-order valence-electron chi connectivity index (χ0n) is 8.17. The van der Waals surface area contributed by atoms with Crippen molar-refractivity contribution < 1.29 is 0 Å². The Kier molecular flexibility index (Phi) is 2.50. The summed E-state index contributed by atoms with van der Waals surface area (Å²) in [6, 6.07) is 6.45. The lowest BCUT2D eigenvalue weighted by Crippen LogP contribution is -2.15. The molecule has 0 unspecified atom stereocenters. The number of halogens is 1. The maximum atomic E-state index is 11.6. The first-order chi connectivity index (χ1) is 7.08. The molecule has 77 valence electrons. The van der Waals surface area contributed by atoms with Crippen LogP contribution in [0, 0.1) is 0 Å². The summed E-state index contributed by atoms with van der Waals surface area (Å²) in [5.74, 6) is 0. The van der Waals surface area contributed by atoms with Crippen molar-refractivity contribution in [2.75, 3.05) is 0 Å². The summed E-state index contributed by atoms with van der Waals surface area (Å²) in [6.45, 7) is 1.67. The van der Waals surface area contributed by atoms with E-state index in [9.17, 15) is 4.79 Å². The molecule has 15 heavy (non-hydrogen) atoms. The molecule has 0 saturated heterocycles. The van der Waals surface area contributed by atoms with Gasteiger partial charge in [0.1, 0.15) is 0 Å². The molecule has 0 aliphatic heterocycles.